The third-order valence-corrected chi connectivity index (χ3v) is 1.96. The molecule has 5 nitrogen and oxygen atoms in total. The second kappa shape index (κ2) is 5.47. The van der Waals surface area contributed by atoms with E-state index in [1.54, 1.807) is 0 Å². The van der Waals surface area contributed by atoms with Gasteiger partial charge in [0.15, 0.2) is 0 Å². The van der Waals surface area contributed by atoms with Crippen LogP contribution in [-0.2, 0) is 14.3 Å². The van der Waals surface area contributed by atoms with Crippen LogP contribution in [0.4, 0.5) is 0 Å². The van der Waals surface area contributed by atoms with E-state index in [0.717, 1.165) is 13.2 Å². The van der Waals surface area contributed by atoms with E-state index in [4.69, 9.17) is 5.26 Å². The molecule has 1 aromatic carbocycles. The van der Waals surface area contributed by atoms with Gasteiger partial charge in [0.05, 0.1) is 18.7 Å². The number of hydrogen-bond acceptors (Lipinski definition) is 5. The second-order valence-corrected chi connectivity index (χ2v) is 3.07. The predicted octanol–water partition coefficient (Wildman–Crippen LogP) is 1.20. The van der Waals surface area contributed by atoms with Crippen LogP contribution in [0.15, 0.2) is 30.3 Å². The van der Waals surface area contributed by atoms with Gasteiger partial charge in [0.2, 0.25) is 0 Å². The van der Waals surface area contributed by atoms with Gasteiger partial charge >= 0.3 is 5.97 Å². The molecule has 0 aliphatic heterocycles. The molecule has 0 aliphatic rings. The summed E-state index contributed by atoms with van der Waals surface area (Å²) < 4.78 is 4.20. The number of benzene rings is 1. The summed E-state index contributed by atoms with van der Waals surface area (Å²) in [5.74, 6) is -2.36. The number of aliphatic hydroxyl groups excluding tert-OH is 1. The third kappa shape index (κ3) is 3.18. The molecule has 0 saturated heterocycles. The van der Waals surface area contributed by atoms with Gasteiger partial charge in [-0.05, 0) is 24.3 Å². The normalized spacial score (nSPS) is 10.5. The van der Waals surface area contributed by atoms with Gasteiger partial charge in [-0.2, -0.15) is 5.26 Å². The van der Waals surface area contributed by atoms with Crippen LogP contribution in [-0.4, -0.2) is 24.0 Å². The van der Waals surface area contributed by atoms with Crippen molar-refractivity contribution in [1.29, 1.82) is 5.26 Å². The van der Waals surface area contributed by atoms with Crippen LogP contribution < -0.4 is 0 Å². The number of nitriles is 1. The number of ketones is 1. The molecule has 17 heavy (non-hydrogen) atoms. The van der Waals surface area contributed by atoms with Crippen molar-refractivity contribution in [2.45, 2.75) is 0 Å². The molecule has 0 bridgehead atoms. The van der Waals surface area contributed by atoms with Crippen molar-refractivity contribution in [2.75, 3.05) is 7.11 Å². The van der Waals surface area contributed by atoms with E-state index in [9.17, 15) is 14.7 Å². The van der Waals surface area contributed by atoms with Gasteiger partial charge in [0.1, 0.15) is 5.76 Å². The van der Waals surface area contributed by atoms with E-state index in [2.05, 4.69) is 4.74 Å². The van der Waals surface area contributed by atoms with Crippen molar-refractivity contribution in [3.8, 4) is 6.07 Å². The van der Waals surface area contributed by atoms with Gasteiger partial charge < -0.3 is 9.84 Å². The Kier molecular flexibility index (Phi) is 4.01. The molecule has 0 spiro atoms. The molecule has 0 aromatic heterocycles. The average molecular weight is 231 g/mol. The van der Waals surface area contributed by atoms with Crippen molar-refractivity contribution in [2.24, 2.45) is 0 Å². The first-order valence-corrected chi connectivity index (χ1v) is 4.62. The summed E-state index contributed by atoms with van der Waals surface area (Å²) in [5, 5.41) is 18.1. The van der Waals surface area contributed by atoms with Gasteiger partial charge in [-0.15, -0.1) is 0 Å². The van der Waals surface area contributed by atoms with Crippen molar-refractivity contribution < 1.29 is 19.4 Å². The molecule has 0 aliphatic carbocycles. The molecular weight excluding hydrogens is 222 g/mol. The molecule has 0 unspecified atom stereocenters. The number of carbonyl (C=O) groups excluding carboxylic acids is 2. The van der Waals surface area contributed by atoms with Crippen LogP contribution in [0.2, 0.25) is 0 Å². The van der Waals surface area contributed by atoms with Crippen molar-refractivity contribution in [3.05, 3.63) is 41.5 Å². The Bertz CT molecular complexity index is 508. The van der Waals surface area contributed by atoms with E-state index < -0.39 is 11.8 Å². The molecule has 1 rings (SSSR count). The first-order chi connectivity index (χ1) is 8.08. The lowest BCUT2D eigenvalue weighted by molar-refractivity contribution is -0.149. The minimum absolute atomic E-state index is 0.334. The molecule has 5 heteroatoms. The quantitative estimate of drug-likeness (QED) is 0.365. The zero-order chi connectivity index (χ0) is 12.8. The molecular formula is C12H9NO4. The molecule has 0 radical (unpaired) electrons. The highest BCUT2D eigenvalue weighted by atomic mass is 16.5. The first kappa shape index (κ1) is 12.5. The maximum atomic E-state index is 11.1. The third-order valence-electron chi connectivity index (χ3n) is 1.96. The second-order valence-electron chi connectivity index (χ2n) is 3.07. The predicted molar refractivity (Wildman–Crippen MR) is 58.8 cm³/mol. The summed E-state index contributed by atoms with van der Waals surface area (Å²) in [4.78, 5) is 21.9. The van der Waals surface area contributed by atoms with E-state index in [0.29, 0.717) is 11.1 Å². The summed E-state index contributed by atoms with van der Waals surface area (Å²) >= 11 is 0. The SMILES string of the molecule is COC(=O)C(=O)C=C(O)c1ccc(C#N)cc1. The van der Waals surface area contributed by atoms with E-state index in [1.165, 1.54) is 24.3 Å². The van der Waals surface area contributed by atoms with E-state index >= 15 is 0 Å². The fourth-order valence-electron chi connectivity index (χ4n) is 1.08. The summed E-state index contributed by atoms with van der Waals surface area (Å²) in [5.41, 5.74) is 0.766. The van der Waals surface area contributed by atoms with E-state index in [-0.39, 0.29) is 5.76 Å². The number of carbonyl (C=O) groups is 2. The topological polar surface area (TPSA) is 87.4 Å². The molecule has 0 atom stereocenters. The number of methoxy groups -OCH3 is 1. The Balaban J connectivity index is 2.92. The minimum atomic E-state index is -1.05. The van der Waals surface area contributed by atoms with Crippen LogP contribution >= 0.6 is 0 Å². The lowest BCUT2D eigenvalue weighted by atomic mass is 10.1. The molecule has 1 N–H and O–H groups in total. The van der Waals surface area contributed by atoms with Crippen LogP contribution in [0.1, 0.15) is 11.1 Å². The van der Waals surface area contributed by atoms with Gasteiger partial charge in [0, 0.05) is 11.6 Å². The monoisotopic (exact) mass is 231 g/mol. The average Bonchev–Trinajstić information content (AvgIpc) is 2.37. The number of rotatable bonds is 3. The molecule has 0 amide bonds. The lowest BCUT2D eigenvalue weighted by Gasteiger charge is -1.99. The Morgan fingerprint density at radius 3 is 2.41 bits per heavy atom. The smallest absolute Gasteiger partial charge is 0.378 e. The molecule has 0 fully saturated rings. The molecule has 0 heterocycles. The molecule has 1 aromatic rings. The summed E-state index contributed by atoms with van der Waals surface area (Å²) in [6.45, 7) is 0. The Labute approximate surface area is 97.6 Å². The standard InChI is InChI=1S/C12H9NO4/c1-17-12(16)11(15)6-10(14)9-4-2-8(7-13)3-5-9/h2-6,14H,1H3. The Hall–Kier alpha value is -2.61. The summed E-state index contributed by atoms with van der Waals surface area (Å²) in [7, 11) is 1.08. The van der Waals surface area contributed by atoms with Crippen molar-refractivity contribution in [1.82, 2.24) is 0 Å². The zero-order valence-electron chi connectivity index (χ0n) is 9.01. The van der Waals surface area contributed by atoms with Crippen molar-refractivity contribution in [3.63, 3.8) is 0 Å². The number of ether oxygens (including phenoxy) is 1. The maximum absolute atomic E-state index is 11.1. The first-order valence-electron chi connectivity index (χ1n) is 4.62. The Morgan fingerprint density at radius 2 is 1.94 bits per heavy atom. The zero-order valence-corrected chi connectivity index (χ0v) is 9.01. The number of nitrogens with zero attached hydrogens (tertiary/aromatic N) is 1. The number of hydrogen-bond donors (Lipinski definition) is 1. The maximum Gasteiger partial charge on any atom is 0.378 e. The fourth-order valence-corrected chi connectivity index (χ4v) is 1.08. The molecule has 0 saturated carbocycles. The largest absolute Gasteiger partial charge is 0.507 e. The van der Waals surface area contributed by atoms with Crippen LogP contribution in [0.5, 0.6) is 0 Å². The number of esters is 1. The van der Waals surface area contributed by atoms with E-state index in [1.807, 2.05) is 6.07 Å². The van der Waals surface area contributed by atoms with Gasteiger partial charge in [0.25, 0.3) is 5.78 Å². The van der Waals surface area contributed by atoms with Crippen LogP contribution in [0.25, 0.3) is 5.76 Å². The van der Waals surface area contributed by atoms with Gasteiger partial charge in [-0.3, -0.25) is 4.79 Å². The highest BCUT2D eigenvalue weighted by molar-refractivity contribution is 6.39. The Morgan fingerprint density at radius 1 is 1.35 bits per heavy atom. The highest BCUT2D eigenvalue weighted by Crippen LogP contribution is 2.12. The minimum Gasteiger partial charge on any atom is -0.507 e. The lowest BCUT2D eigenvalue weighted by Crippen LogP contribution is -2.13. The number of aliphatic hydroxyl groups is 1. The van der Waals surface area contributed by atoms with Gasteiger partial charge in [-0.1, -0.05) is 0 Å². The summed E-state index contributed by atoms with van der Waals surface area (Å²) in [6, 6.07) is 7.83. The van der Waals surface area contributed by atoms with Crippen LogP contribution in [0.3, 0.4) is 0 Å². The van der Waals surface area contributed by atoms with Crippen molar-refractivity contribution >= 4 is 17.5 Å². The fraction of sp³-hybridized carbons (Fsp3) is 0.0833. The summed E-state index contributed by atoms with van der Waals surface area (Å²) in [6.07, 6.45) is 0.771. The van der Waals surface area contributed by atoms with Crippen LogP contribution in [0, 0.1) is 11.3 Å². The highest BCUT2D eigenvalue weighted by Gasteiger charge is 2.12. The molecule has 86 valence electrons. The van der Waals surface area contributed by atoms with Gasteiger partial charge in [-0.25, -0.2) is 4.79 Å².